The quantitative estimate of drug-likeness (QED) is 0.520. The molecule has 7 heteroatoms. The second kappa shape index (κ2) is 4.75. The van der Waals surface area contributed by atoms with Gasteiger partial charge >= 0.3 is 0 Å². The number of para-hydroxylation sites is 1. The van der Waals surface area contributed by atoms with Gasteiger partial charge in [0.2, 0.25) is 11.8 Å². The van der Waals surface area contributed by atoms with E-state index in [2.05, 4.69) is 27.2 Å². The number of carbonyl (C=O) groups excluding carboxylic acids is 2. The van der Waals surface area contributed by atoms with Crippen LogP contribution in [0.4, 0.5) is 0 Å². The van der Waals surface area contributed by atoms with Crippen LogP contribution >= 0.6 is 0 Å². The molecule has 2 bridgehead atoms. The van der Waals surface area contributed by atoms with E-state index in [0.717, 1.165) is 17.3 Å². The monoisotopic (exact) mass is 345 g/mol. The molecule has 1 saturated carbocycles. The Kier molecular flexibility index (Phi) is 2.58. The van der Waals surface area contributed by atoms with Crippen LogP contribution in [-0.4, -0.2) is 36.3 Å². The van der Waals surface area contributed by atoms with Crippen LogP contribution in [0.25, 0.3) is 16.6 Å². The molecule has 4 unspecified atom stereocenters. The van der Waals surface area contributed by atoms with Crippen LogP contribution in [0.15, 0.2) is 42.7 Å². The standard InChI is InChI=1S/C19H15N5O2/c25-18-15-10-5-6-11(7-10)16(15)19(26)23(18)8-14-21-17-12-3-1-2-4-13(12)20-9-24(17)22-14/h1-6,9-11,15-16H,7-8H2. The topological polar surface area (TPSA) is 80.5 Å². The van der Waals surface area contributed by atoms with Crippen LogP contribution in [0.2, 0.25) is 0 Å². The van der Waals surface area contributed by atoms with E-state index in [0.29, 0.717) is 11.5 Å². The van der Waals surface area contributed by atoms with Crippen LogP contribution in [0, 0.1) is 23.7 Å². The molecule has 0 radical (unpaired) electrons. The van der Waals surface area contributed by atoms with Crippen LogP contribution < -0.4 is 0 Å². The average Bonchev–Trinajstić information content (AvgIpc) is 3.41. The van der Waals surface area contributed by atoms with Crippen molar-refractivity contribution in [1.82, 2.24) is 24.5 Å². The number of amides is 2. The van der Waals surface area contributed by atoms with E-state index in [1.807, 2.05) is 24.3 Å². The summed E-state index contributed by atoms with van der Waals surface area (Å²) in [6.07, 6.45) is 6.74. The smallest absolute Gasteiger partial charge is 0.234 e. The van der Waals surface area contributed by atoms with Crippen LogP contribution in [0.3, 0.4) is 0 Å². The van der Waals surface area contributed by atoms with E-state index in [1.54, 1.807) is 10.8 Å². The second-order valence-electron chi connectivity index (χ2n) is 7.32. The lowest BCUT2D eigenvalue weighted by Crippen LogP contribution is -2.32. The molecule has 0 spiro atoms. The van der Waals surface area contributed by atoms with Gasteiger partial charge in [0.15, 0.2) is 11.5 Å². The summed E-state index contributed by atoms with van der Waals surface area (Å²) in [5.41, 5.74) is 1.52. The highest BCUT2D eigenvalue weighted by molar-refractivity contribution is 6.06. The molecule has 2 aliphatic carbocycles. The number of benzene rings is 1. The largest absolute Gasteiger partial charge is 0.274 e. The van der Waals surface area contributed by atoms with Gasteiger partial charge in [0.1, 0.15) is 6.33 Å². The molecular formula is C19H15N5O2. The van der Waals surface area contributed by atoms with Gasteiger partial charge in [-0.15, -0.1) is 5.10 Å². The van der Waals surface area contributed by atoms with Gasteiger partial charge < -0.3 is 0 Å². The third kappa shape index (κ3) is 1.70. The van der Waals surface area contributed by atoms with Crippen molar-refractivity contribution in [2.45, 2.75) is 13.0 Å². The van der Waals surface area contributed by atoms with E-state index < -0.39 is 0 Å². The van der Waals surface area contributed by atoms with Gasteiger partial charge in [-0.3, -0.25) is 14.5 Å². The molecule has 3 aliphatic rings. The van der Waals surface area contributed by atoms with Crippen molar-refractivity contribution in [2.75, 3.05) is 0 Å². The summed E-state index contributed by atoms with van der Waals surface area (Å²) in [5.74, 6) is 0.388. The minimum atomic E-state index is -0.183. The summed E-state index contributed by atoms with van der Waals surface area (Å²) in [6, 6.07) is 7.71. The van der Waals surface area contributed by atoms with Crippen molar-refractivity contribution >= 4 is 28.4 Å². The Morgan fingerprint density at radius 3 is 2.54 bits per heavy atom. The van der Waals surface area contributed by atoms with Gasteiger partial charge in [-0.05, 0) is 30.4 Å². The maximum Gasteiger partial charge on any atom is 0.234 e. The van der Waals surface area contributed by atoms with Crippen LogP contribution in [0.1, 0.15) is 12.2 Å². The maximum atomic E-state index is 12.8. The highest BCUT2D eigenvalue weighted by atomic mass is 16.2. The van der Waals surface area contributed by atoms with Gasteiger partial charge in [0, 0.05) is 5.39 Å². The predicted molar refractivity (Wildman–Crippen MR) is 91.6 cm³/mol. The van der Waals surface area contributed by atoms with E-state index >= 15 is 0 Å². The number of nitrogens with zero attached hydrogens (tertiary/aromatic N) is 5. The molecule has 1 saturated heterocycles. The fraction of sp³-hybridized carbons (Fsp3) is 0.316. The average molecular weight is 345 g/mol. The minimum Gasteiger partial charge on any atom is -0.274 e. The van der Waals surface area contributed by atoms with Gasteiger partial charge in [-0.2, -0.15) is 0 Å². The molecule has 3 heterocycles. The minimum absolute atomic E-state index is 0.0707. The number of rotatable bonds is 2. The van der Waals surface area contributed by atoms with Crippen molar-refractivity contribution < 1.29 is 9.59 Å². The van der Waals surface area contributed by atoms with E-state index in [9.17, 15) is 9.59 Å². The van der Waals surface area contributed by atoms with E-state index in [4.69, 9.17) is 0 Å². The Hall–Kier alpha value is -3.09. The Balaban J connectivity index is 1.37. The molecule has 26 heavy (non-hydrogen) atoms. The number of carbonyl (C=O) groups is 2. The summed E-state index contributed by atoms with van der Waals surface area (Å²) in [6.45, 7) is 0.125. The van der Waals surface area contributed by atoms with Crippen molar-refractivity contribution in [2.24, 2.45) is 23.7 Å². The first kappa shape index (κ1) is 14.1. The molecule has 6 rings (SSSR count). The van der Waals surface area contributed by atoms with E-state index in [1.165, 1.54) is 4.90 Å². The fourth-order valence-corrected chi connectivity index (χ4v) is 4.85. The molecule has 4 atom stereocenters. The summed E-state index contributed by atoms with van der Waals surface area (Å²) >= 11 is 0. The summed E-state index contributed by atoms with van der Waals surface area (Å²) in [4.78, 5) is 35.9. The Labute approximate surface area is 148 Å². The molecule has 128 valence electrons. The van der Waals surface area contributed by atoms with Gasteiger partial charge in [0.05, 0.1) is 23.9 Å². The molecule has 3 aromatic rings. The highest BCUT2D eigenvalue weighted by Crippen LogP contribution is 2.52. The van der Waals surface area contributed by atoms with Gasteiger partial charge in [-0.1, -0.05) is 24.3 Å². The predicted octanol–water partition coefficient (Wildman–Crippen LogP) is 1.58. The lowest BCUT2D eigenvalue weighted by atomic mass is 9.85. The number of fused-ring (bicyclic) bond motifs is 8. The lowest BCUT2D eigenvalue weighted by Gasteiger charge is -2.15. The van der Waals surface area contributed by atoms with Crippen LogP contribution in [0.5, 0.6) is 0 Å². The zero-order valence-electron chi connectivity index (χ0n) is 13.8. The molecule has 1 aliphatic heterocycles. The molecular weight excluding hydrogens is 330 g/mol. The number of hydrogen-bond acceptors (Lipinski definition) is 5. The first-order valence-corrected chi connectivity index (χ1v) is 8.83. The van der Waals surface area contributed by atoms with Crippen molar-refractivity contribution in [3.63, 3.8) is 0 Å². The molecule has 2 fully saturated rings. The Morgan fingerprint density at radius 2 is 1.77 bits per heavy atom. The lowest BCUT2D eigenvalue weighted by molar-refractivity contribution is -0.141. The Morgan fingerprint density at radius 1 is 1.04 bits per heavy atom. The highest BCUT2D eigenvalue weighted by Gasteiger charge is 2.59. The Bertz CT molecular complexity index is 1100. The van der Waals surface area contributed by atoms with Gasteiger partial charge in [-0.25, -0.2) is 14.5 Å². The third-order valence-electron chi connectivity index (χ3n) is 5.99. The molecule has 2 aromatic heterocycles. The summed E-state index contributed by atoms with van der Waals surface area (Å²) in [7, 11) is 0. The summed E-state index contributed by atoms with van der Waals surface area (Å²) in [5, 5.41) is 5.32. The number of allylic oxidation sites excluding steroid dienone is 2. The molecule has 1 aromatic carbocycles. The third-order valence-corrected chi connectivity index (χ3v) is 5.99. The molecule has 2 amide bonds. The number of aromatic nitrogens is 4. The zero-order valence-corrected chi connectivity index (χ0v) is 13.8. The first-order valence-electron chi connectivity index (χ1n) is 8.83. The van der Waals surface area contributed by atoms with Crippen molar-refractivity contribution in [3.8, 4) is 0 Å². The number of likely N-dealkylation sites (tertiary alicyclic amines) is 1. The number of hydrogen-bond donors (Lipinski definition) is 0. The van der Waals surface area contributed by atoms with Crippen molar-refractivity contribution in [1.29, 1.82) is 0 Å². The number of imide groups is 1. The SMILES string of the molecule is O=C1C2C3C=CC(C3)C2C(=O)N1Cc1nc2c3ccccc3ncn2n1. The second-order valence-corrected chi connectivity index (χ2v) is 7.32. The molecule has 0 N–H and O–H groups in total. The molecule has 7 nitrogen and oxygen atoms in total. The first-order chi connectivity index (χ1) is 12.7. The van der Waals surface area contributed by atoms with Crippen LogP contribution in [-0.2, 0) is 16.1 Å². The van der Waals surface area contributed by atoms with Gasteiger partial charge in [0.25, 0.3) is 0 Å². The fourth-order valence-electron chi connectivity index (χ4n) is 4.85. The maximum absolute atomic E-state index is 12.8. The van der Waals surface area contributed by atoms with Crippen molar-refractivity contribution in [3.05, 3.63) is 48.6 Å². The zero-order chi connectivity index (χ0) is 17.4. The normalized spacial score (nSPS) is 29.5. The van der Waals surface area contributed by atoms with E-state index in [-0.39, 0.29) is 42.0 Å². The summed E-state index contributed by atoms with van der Waals surface area (Å²) < 4.78 is 1.61.